The van der Waals surface area contributed by atoms with Gasteiger partial charge < -0.3 is 5.73 Å². The molecular weight excluding hydrogens is 308 g/mol. The molecule has 116 valence electrons. The summed E-state index contributed by atoms with van der Waals surface area (Å²) < 4.78 is 0.989. The second-order valence-corrected chi connectivity index (χ2v) is 6.27. The van der Waals surface area contributed by atoms with Gasteiger partial charge in [0.05, 0.1) is 15.9 Å². The van der Waals surface area contributed by atoms with Gasteiger partial charge in [0.1, 0.15) is 0 Å². The first kappa shape index (κ1) is 15.2. The Labute approximate surface area is 137 Å². The number of aryl methyl sites for hydroxylation is 2. The molecular formula is C17H16N4OS. The van der Waals surface area contributed by atoms with Crippen molar-refractivity contribution >= 4 is 38.9 Å². The summed E-state index contributed by atoms with van der Waals surface area (Å²) in [6.45, 7) is 3.97. The Hall–Kier alpha value is -2.73. The minimum Gasteiger partial charge on any atom is -0.364 e. The molecule has 1 heterocycles. The lowest BCUT2D eigenvalue weighted by molar-refractivity contribution is -0.111. The predicted octanol–water partition coefficient (Wildman–Crippen LogP) is 3.21. The van der Waals surface area contributed by atoms with Crippen molar-refractivity contribution < 1.29 is 4.79 Å². The van der Waals surface area contributed by atoms with Gasteiger partial charge in [0.2, 0.25) is 0 Å². The highest BCUT2D eigenvalue weighted by Crippen LogP contribution is 2.22. The number of nitrogens with one attached hydrogen (secondary N) is 1. The molecule has 23 heavy (non-hydrogen) atoms. The Morgan fingerprint density at radius 2 is 2.00 bits per heavy atom. The van der Waals surface area contributed by atoms with E-state index in [9.17, 15) is 4.79 Å². The summed E-state index contributed by atoms with van der Waals surface area (Å²) in [5.74, 6) is -0.609. The SMILES string of the molecule is Cc1ccc(C)c(NN=C(C(N)=O)c2nc3ccccc3s2)c1. The topological polar surface area (TPSA) is 80.4 Å². The van der Waals surface area contributed by atoms with Gasteiger partial charge in [-0.1, -0.05) is 24.3 Å². The van der Waals surface area contributed by atoms with E-state index in [1.165, 1.54) is 11.3 Å². The molecule has 0 spiro atoms. The van der Waals surface area contributed by atoms with Gasteiger partial charge >= 0.3 is 0 Å². The Kier molecular flexibility index (Phi) is 4.08. The average Bonchev–Trinajstić information content (AvgIpc) is 2.94. The predicted molar refractivity (Wildman–Crippen MR) is 94.9 cm³/mol. The first-order valence-electron chi connectivity index (χ1n) is 7.11. The van der Waals surface area contributed by atoms with Crippen LogP contribution in [0.1, 0.15) is 16.1 Å². The number of aromatic nitrogens is 1. The van der Waals surface area contributed by atoms with Crippen LogP contribution in [-0.4, -0.2) is 16.6 Å². The highest BCUT2D eigenvalue weighted by molar-refractivity contribution is 7.21. The molecule has 0 aliphatic carbocycles. The van der Waals surface area contributed by atoms with E-state index in [0.29, 0.717) is 5.01 Å². The molecule has 0 radical (unpaired) electrons. The van der Waals surface area contributed by atoms with Crippen LogP contribution in [0.4, 0.5) is 5.69 Å². The van der Waals surface area contributed by atoms with E-state index in [2.05, 4.69) is 15.5 Å². The lowest BCUT2D eigenvalue weighted by atomic mass is 10.1. The highest BCUT2D eigenvalue weighted by atomic mass is 32.1. The number of carbonyl (C=O) groups excluding carboxylic acids is 1. The molecule has 0 aliphatic heterocycles. The van der Waals surface area contributed by atoms with Gasteiger partial charge in [-0.15, -0.1) is 11.3 Å². The number of nitrogens with zero attached hydrogens (tertiary/aromatic N) is 2. The molecule has 0 unspecified atom stereocenters. The number of benzene rings is 2. The number of fused-ring (bicyclic) bond motifs is 1. The van der Waals surface area contributed by atoms with Crippen molar-refractivity contribution in [3.8, 4) is 0 Å². The van der Waals surface area contributed by atoms with Crippen LogP contribution < -0.4 is 11.2 Å². The molecule has 0 saturated heterocycles. The first-order valence-corrected chi connectivity index (χ1v) is 7.93. The van der Waals surface area contributed by atoms with E-state index >= 15 is 0 Å². The van der Waals surface area contributed by atoms with Crippen molar-refractivity contribution in [1.82, 2.24) is 4.98 Å². The Morgan fingerprint density at radius 1 is 1.22 bits per heavy atom. The second kappa shape index (κ2) is 6.18. The zero-order valence-electron chi connectivity index (χ0n) is 12.8. The Bertz CT molecular complexity index is 881. The molecule has 1 amide bonds. The summed E-state index contributed by atoms with van der Waals surface area (Å²) in [7, 11) is 0. The zero-order valence-corrected chi connectivity index (χ0v) is 13.6. The van der Waals surface area contributed by atoms with Gasteiger partial charge in [0, 0.05) is 0 Å². The number of para-hydroxylation sites is 1. The molecule has 0 bridgehead atoms. The van der Waals surface area contributed by atoms with E-state index in [1.54, 1.807) is 0 Å². The van der Waals surface area contributed by atoms with Crippen molar-refractivity contribution in [2.75, 3.05) is 5.43 Å². The lowest BCUT2D eigenvalue weighted by Crippen LogP contribution is -2.25. The molecule has 6 heteroatoms. The lowest BCUT2D eigenvalue weighted by Gasteiger charge is -2.07. The number of anilines is 1. The van der Waals surface area contributed by atoms with Crippen molar-refractivity contribution in [3.05, 3.63) is 58.6 Å². The average molecular weight is 324 g/mol. The summed E-state index contributed by atoms with van der Waals surface area (Å²) in [6, 6.07) is 13.7. The van der Waals surface area contributed by atoms with Gasteiger partial charge in [-0.05, 0) is 43.2 Å². The maximum absolute atomic E-state index is 11.8. The minimum atomic E-state index is -0.609. The van der Waals surface area contributed by atoms with E-state index in [0.717, 1.165) is 27.0 Å². The number of thiazole rings is 1. The number of nitrogens with two attached hydrogens (primary N) is 1. The van der Waals surface area contributed by atoms with Crippen molar-refractivity contribution in [2.24, 2.45) is 10.8 Å². The number of hydrazone groups is 1. The minimum absolute atomic E-state index is 0.132. The molecule has 0 atom stereocenters. The molecule has 2 aromatic carbocycles. The number of hydrogen-bond acceptors (Lipinski definition) is 5. The van der Waals surface area contributed by atoms with E-state index in [1.807, 2.05) is 56.3 Å². The van der Waals surface area contributed by atoms with Crippen LogP contribution in [0.15, 0.2) is 47.6 Å². The van der Waals surface area contributed by atoms with E-state index in [-0.39, 0.29) is 5.71 Å². The van der Waals surface area contributed by atoms with Crippen molar-refractivity contribution in [1.29, 1.82) is 0 Å². The summed E-state index contributed by atoms with van der Waals surface area (Å²) in [5.41, 5.74) is 12.3. The number of carbonyl (C=O) groups is 1. The molecule has 3 aromatic rings. The van der Waals surface area contributed by atoms with Crippen LogP contribution in [0.3, 0.4) is 0 Å². The van der Waals surface area contributed by atoms with Gasteiger partial charge in [-0.3, -0.25) is 10.2 Å². The fraction of sp³-hybridized carbons (Fsp3) is 0.118. The number of amides is 1. The standard InChI is InChI=1S/C17H16N4OS/c1-10-7-8-11(2)13(9-10)20-21-15(16(18)22)17-19-12-5-3-4-6-14(12)23-17/h3-9,20H,1-2H3,(H2,18,22). The van der Waals surface area contributed by atoms with Crippen LogP contribution in [0.5, 0.6) is 0 Å². The third-order valence-corrected chi connectivity index (χ3v) is 4.45. The quantitative estimate of drug-likeness (QED) is 0.571. The molecule has 0 aliphatic rings. The van der Waals surface area contributed by atoms with Crippen molar-refractivity contribution in [2.45, 2.75) is 13.8 Å². The summed E-state index contributed by atoms with van der Waals surface area (Å²) in [5, 5.41) is 4.71. The third kappa shape index (κ3) is 3.22. The fourth-order valence-electron chi connectivity index (χ4n) is 2.15. The first-order chi connectivity index (χ1) is 11.0. The van der Waals surface area contributed by atoms with Crippen LogP contribution in [0.25, 0.3) is 10.2 Å². The van der Waals surface area contributed by atoms with Gasteiger partial charge in [0.25, 0.3) is 5.91 Å². The monoisotopic (exact) mass is 324 g/mol. The maximum Gasteiger partial charge on any atom is 0.272 e. The smallest absolute Gasteiger partial charge is 0.272 e. The fourth-order valence-corrected chi connectivity index (χ4v) is 3.11. The maximum atomic E-state index is 11.8. The molecule has 0 saturated carbocycles. The Balaban J connectivity index is 1.98. The van der Waals surface area contributed by atoms with E-state index < -0.39 is 5.91 Å². The van der Waals surface area contributed by atoms with E-state index in [4.69, 9.17) is 5.73 Å². The molecule has 3 rings (SSSR count). The van der Waals surface area contributed by atoms with Crippen molar-refractivity contribution in [3.63, 3.8) is 0 Å². The van der Waals surface area contributed by atoms with Crippen LogP contribution in [-0.2, 0) is 4.79 Å². The molecule has 1 aromatic heterocycles. The van der Waals surface area contributed by atoms with Crippen LogP contribution >= 0.6 is 11.3 Å². The number of hydrogen-bond donors (Lipinski definition) is 2. The molecule has 0 fully saturated rings. The van der Waals surface area contributed by atoms with Gasteiger partial charge in [-0.25, -0.2) is 4.98 Å². The normalized spacial score (nSPS) is 11.7. The second-order valence-electron chi connectivity index (χ2n) is 5.24. The van der Waals surface area contributed by atoms with Crippen LogP contribution in [0.2, 0.25) is 0 Å². The summed E-state index contributed by atoms with van der Waals surface area (Å²) in [4.78, 5) is 16.2. The molecule has 3 N–H and O–H groups in total. The van der Waals surface area contributed by atoms with Crippen LogP contribution in [0, 0.1) is 13.8 Å². The van der Waals surface area contributed by atoms with Gasteiger partial charge in [0.15, 0.2) is 10.7 Å². The Morgan fingerprint density at radius 3 is 2.74 bits per heavy atom. The van der Waals surface area contributed by atoms with Gasteiger partial charge in [-0.2, -0.15) is 5.10 Å². The summed E-state index contributed by atoms with van der Waals surface area (Å²) in [6.07, 6.45) is 0. The zero-order chi connectivity index (χ0) is 16.4. The number of rotatable bonds is 4. The number of primary amides is 1. The summed E-state index contributed by atoms with van der Waals surface area (Å²) >= 11 is 1.39. The third-order valence-electron chi connectivity index (χ3n) is 3.41. The highest BCUT2D eigenvalue weighted by Gasteiger charge is 2.16. The largest absolute Gasteiger partial charge is 0.364 e. The molecule has 5 nitrogen and oxygen atoms in total.